The summed E-state index contributed by atoms with van der Waals surface area (Å²) in [4.78, 5) is 73.9. The summed E-state index contributed by atoms with van der Waals surface area (Å²) >= 11 is 0. The van der Waals surface area contributed by atoms with Crippen molar-refractivity contribution >= 4 is 42.7 Å². The lowest BCUT2D eigenvalue weighted by Gasteiger charge is -2.13. The molecule has 0 spiro atoms. The van der Waals surface area contributed by atoms with E-state index in [1.807, 2.05) is 0 Å². The molecule has 0 aliphatic rings. The molecule has 0 saturated carbocycles. The topological polar surface area (TPSA) is 266 Å². The number of nitrogens with two attached hydrogens (primary N) is 3. The molecule has 0 aromatic heterocycles. The number of aliphatic hydroxyl groups excluding tert-OH is 1. The van der Waals surface area contributed by atoms with Gasteiger partial charge in [-0.2, -0.15) is 0 Å². The molecule has 6 amide bonds. The van der Waals surface area contributed by atoms with Gasteiger partial charge in [-0.05, 0) is 12.8 Å². The van der Waals surface area contributed by atoms with E-state index in [0.717, 1.165) is 0 Å². The molecule has 15 heteroatoms. The Morgan fingerprint density at radius 3 is 1.59 bits per heavy atom. The van der Waals surface area contributed by atoms with E-state index in [0.29, 0.717) is 19.1 Å². The largest absolute Gasteiger partial charge is 0.390 e. The van der Waals surface area contributed by atoms with Gasteiger partial charge >= 0.3 is 0 Å². The first-order chi connectivity index (χ1) is 15.1. The molecule has 32 heavy (non-hydrogen) atoms. The molecule has 0 bridgehead atoms. The standard InChI is InChI=1S/C9H18N4O4.C8H13N3O4/c10-3-6(15)4-12-8(16)2-1-7(9(11)17)13-5-14;9-8(15)6(11-5-13)1-2-7(14)10-3-4-12/h5-7,15H,1-4,10H2,(H2,11,17)(H,12,16)(H,13,14);4-6H,1-3H2,(H2,9,15)(H,10,14)(H,11,13)/t6?,7-;6-/m00/s1. The van der Waals surface area contributed by atoms with E-state index in [1.54, 1.807) is 0 Å². The lowest BCUT2D eigenvalue weighted by molar-refractivity contribution is -0.125. The summed E-state index contributed by atoms with van der Waals surface area (Å²) in [5.41, 5.74) is 15.1. The van der Waals surface area contributed by atoms with Gasteiger partial charge in [0.05, 0.1) is 12.6 Å². The van der Waals surface area contributed by atoms with Gasteiger partial charge in [0.2, 0.25) is 36.4 Å². The number of hydrogen-bond donors (Lipinski definition) is 8. The van der Waals surface area contributed by atoms with Crippen LogP contribution in [0.5, 0.6) is 0 Å². The number of amides is 6. The molecular formula is C17H31N7O8. The highest BCUT2D eigenvalue weighted by molar-refractivity contribution is 5.84. The minimum Gasteiger partial charge on any atom is -0.390 e. The van der Waals surface area contributed by atoms with Crippen LogP contribution in [-0.2, 0) is 33.6 Å². The molecule has 0 fully saturated rings. The lowest BCUT2D eigenvalue weighted by Crippen LogP contribution is -2.42. The molecule has 0 rings (SSSR count). The van der Waals surface area contributed by atoms with Crippen molar-refractivity contribution in [2.45, 2.75) is 43.9 Å². The summed E-state index contributed by atoms with van der Waals surface area (Å²) in [7, 11) is 0. The predicted octanol–water partition coefficient (Wildman–Crippen LogP) is -5.52. The van der Waals surface area contributed by atoms with E-state index in [9.17, 15) is 33.6 Å². The summed E-state index contributed by atoms with van der Waals surface area (Å²) in [6.45, 7) is 0.0374. The number of primary amides is 2. The fourth-order valence-electron chi connectivity index (χ4n) is 1.98. The van der Waals surface area contributed by atoms with E-state index >= 15 is 0 Å². The minimum atomic E-state index is -0.863. The molecule has 0 heterocycles. The van der Waals surface area contributed by atoms with Crippen molar-refractivity contribution in [3.63, 3.8) is 0 Å². The number of carbonyl (C=O) groups is 7. The normalized spacial score (nSPS) is 12.4. The first kappa shape index (κ1) is 30.6. The van der Waals surface area contributed by atoms with Crippen LogP contribution < -0.4 is 38.5 Å². The van der Waals surface area contributed by atoms with Gasteiger partial charge in [-0.25, -0.2) is 0 Å². The van der Waals surface area contributed by atoms with Crippen LogP contribution in [0.15, 0.2) is 0 Å². The summed E-state index contributed by atoms with van der Waals surface area (Å²) < 4.78 is 0. The molecule has 0 radical (unpaired) electrons. The van der Waals surface area contributed by atoms with Crippen LogP contribution in [0, 0.1) is 0 Å². The van der Waals surface area contributed by atoms with Gasteiger partial charge in [-0.3, -0.25) is 28.8 Å². The summed E-state index contributed by atoms with van der Waals surface area (Å²) in [5.74, 6) is -2.13. The zero-order valence-corrected chi connectivity index (χ0v) is 17.5. The average molecular weight is 461 g/mol. The molecule has 0 aromatic carbocycles. The maximum atomic E-state index is 11.3. The summed E-state index contributed by atoms with van der Waals surface area (Å²) in [6.07, 6.45) is 0.710. The molecular weight excluding hydrogens is 430 g/mol. The Kier molecular flexibility index (Phi) is 18.5. The second kappa shape index (κ2) is 19.4. The molecule has 182 valence electrons. The van der Waals surface area contributed by atoms with E-state index in [2.05, 4.69) is 21.3 Å². The van der Waals surface area contributed by atoms with Crippen molar-refractivity contribution in [1.29, 1.82) is 0 Å². The number of aldehydes is 1. The SMILES string of the molecule is NC(=O)[C@H](CCC(=O)NCC=O)NC=O.NCC(O)CNC(=O)CC[C@H](NC=O)C(N)=O. The number of nitrogens with one attached hydrogen (secondary N) is 4. The van der Waals surface area contributed by atoms with Gasteiger partial charge in [-0.1, -0.05) is 0 Å². The predicted molar refractivity (Wildman–Crippen MR) is 110 cm³/mol. The van der Waals surface area contributed by atoms with Crippen LogP contribution in [0.1, 0.15) is 25.7 Å². The molecule has 11 N–H and O–H groups in total. The fraction of sp³-hybridized carbons (Fsp3) is 0.588. The Labute approximate surface area is 184 Å². The fourth-order valence-corrected chi connectivity index (χ4v) is 1.98. The number of aliphatic hydroxyl groups is 1. The second-order valence-corrected chi connectivity index (χ2v) is 6.22. The van der Waals surface area contributed by atoms with Crippen molar-refractivity contribution in [2.75, 3.05) is 19.6 Å². The summed E-state index contributed by atoms with van der Waals surface area (Å²) in [5, 5.41) is 18.2. The Hall–Kier alpha value is -3.59. The molecule has 0 aromatic rings. The van der Waals surface area contributed by atoms with Crippen molar-refractivity contribution in [2.24, 2.45) is 17.2 Å². The average Bonchev–Trinajstić information content (AvgIpc) is 2.76. The van der Waals surface area contributed by atoms with Crippen molar-refractivity contribution in [1.82, 2.24) is 21.3 Å². The van der Waals surface area contributed by atoms with E-state index < -0.39 is 30.0 Å². The van der Waals surface area contributed by atoms with Gasteiger partial charge in [0.15, 0.2) is 0 Å². The zero-order valence-electron chi connectivity index (χ0n) is 17.5. The van der Waals surface area contributed by atoms with Crippen LogP contribution >= 0.6 is 0 Å². The van der Waals surface area contributed by atoms with Crippen LogP contribution in [0.4, 0.5) is 0 Å². The van der Waals surface area contributed by atoms with E-state index in [1.165, 1.54) is 0 Å². The first-order valence-corrected chi connectivity index (χ1v) is 9.45. The van der Waals surface area contributed by atoms with Crippen molar-refractivity contribution in [3.05, 3.63) is 0 Å². The number of rotatable bonds is 17. The zero-order chi connectivity index (χ0) is 24.9. The van der Waals surface area contributed by atoms with Crippen molar-refractivity contribution in [3.8, 4) is 0 Å². The molecule has 3 atom stereocenters. The molecule has 15 nitrogen and oxygen atoms in total. The van der Waals surface area contributed by atoms with Gasteiger partial charge in [0, 0.05) is 25.9 Å². The molecule has 1 unspecified atom stereocenters. The maximum absolute atomic E-state index is 11.3. The monoisotopic (exact) mass is 461 g/mol. The van der Waals surface area contributed by atoms with Gasteiger partial charge < -0.3 is 48.4 Å². The Morgan fingerprint density at radius 1 is 0.812 bits per heavy atom. The Bertz CT molecular complexity index is 632. The molecule has 0 saturated heterocycles. The Morgan fingerprint density at radius 2 is 1.25 bits per heavy atom. The molecule has 0 aliphatic heterocycles. The number of hydrogen-bond acceptors (Lipinski definition) is 9. The Balaban J connectivity index is 0. The minimum absolute atomic E-state index is 0.0162. The van der Waals surface area contributed by atoms with Crippen LogP contribution in [0.3, 0.4) is 0 Å². The third kappa shape index (κ3) is 17.3. The second-order valence-electron chi connectivity index (χ2n) is 6.22. The van der Waals surface area contributed by atoms with Gasteiger partial charge in [0.25, 0.3) is 0 Å². The first-order valence-electron chi connectivity index (χ1n) is 9.45. The van der Waals surface area contributed by atoms with Crippen LogP contribution in [0.2, 0.25) is 0 Å². The van der Waals surface area contributed by atoms with Crippen LogP contribution in [-0.4, -0.2) is 85.7 Å². The van der Waals surface area contributed by atoms with Crippen molar-refractivity contribution < 1.29 is 38.7 Å². The van der Waals surface area contributed by atoms with E-state index in [4.69, 9.17) is 22.3 Å². The summed E-state index contributed by atoms with van der Waals surface area (Å²) in [6, 6.07) is -1.72. The van der Waals surface area contributed by atoms with Gasteiger partial charge in [0.1, 0.15) is 18.4 Å². The quantitative estimate of drug-likeness (QED) is 0.0958. The highest BCUT2D eigenvalue weighted by atomic mass is 16.3. The highest BCUT2D eigenvalue weighted by Gasteiger charge is 2.16. The van der Waals surface area contributed by atoms with E-state index in [-0.39, 0.29) is 57.1 Å². The lowest BCUT2D eigenvalue weighted by atomic mass is 10.1. The smallest absolute Gasteiger partial charge is 0.240 e. The third-order valence-corrected chi connectivity index (χ3v) is 3.73. The number of carbonyl (C=O) groups excluding carboxylic acids is 7. The highest BCUT2D eigenvalue weighted by Crippen LogP contribution is 1.97. The van der Waals surface area contributed by atoms with Gasteiger partial charge in [-0.15, -0.1) is 0 Å². The maximum Gasteiger partial charge on any atom is 0.240 e. The molecule has 0 aliphatic carbocycles. The van der Waals surface area contributed by atoms with Crippen LogP contribution in [0.25, 0.3) is 0 Å². The third-order valence-electron chi connectivity index (χ3n) is 3.73.